The number of ether oxygens (including phenoxy) is 1. The highest BCUT2D eigenvalue weighted by Crippen LogP contribution is 2.28. The van der Waals surface area contributed by atoms with Gasteiger partial charge in [0.15, 0.2) is 0 Å². The number of nitrogens with one attached hydrogen (secondary N) is 1. The zero-order chi connectivity index (χ0) is 24.4. The first kappa shape index (κ1) is 22.9. The van der Waals surface area contributed by atoms with Gasteiger partial charge in [-0.25, -0.2) is 8.42 Å². The van der Waals surface area contributed by atoms with Gasteiger partial charge in [0, 0.05) is 30.8 Å². The number of hydrogen-bond donors (Lipinski definition) is 1. The van der Waals surface area contributed by atoms with Crippen LogP contribution in [0.15, 0.2) is 78.9 Å². The second-order valence-electron chi connectivity index (χ2n) is 8.58. The fraction of sp³-hybridized carbons (Fsp3) is 0.231. The number of sulfonamides is 1. The SMILES string of the molecule is O=C(NC1CC(=O)N(c2ccc(Oc3ccccc3)cc2)C1)c1cccc(N2CCCS2(=O)=O)c1. The summed E-state index contributed by atoms with van der Waals surface area (Å²) in [5.41, 5.74) is 1.57. The number of nitrogens with zero attached hydrogens (tertiary/aromatic N) is 2. The molecular weight excluding hydrogens is 466 g/mol. The molecule has 2 heterocycles. The number of carbonyl (C=O) groups excluding carboxylic acids is 2. The van der Waals surface area contributed by atoms with Gasteiger partial charge in [-0.3, -0.25) is 13.9 Å². The Bertz CT molecular complexity index is 1340. The molecule has 2 aliphatic heterocycles. The first-order valence-electron chi connectivity index (χ1n) is 11.4. The molecule has 0 aliphatic carbocycles. The molecule has 8 nitrogen and oxygen atoms in total. The molecule has 0 saturated carbocycles. The van der Waals surface area contributed by atoms with Crippen molar-refractivity contribution in [3.05, 3.63) is 84.4 Å². The fourth-order valence-corrected chi connectivity index (χ4v) is 5.93. The Morgan fingerprint density at radius 3 is 2.37 bits per heavy atom. The molecule has 1 N–H and O–H groups in total. The number of benzene rings is 3. The van der Waals surface area contributed by atoms with Crippen molar-refractivity contribution in [3.63, 3.8) is 0 Å². The van der Waals surface area contributed by atoms with Gasteiger partial charge in [-0.15, -0.1) is 0 Å². The molecule has 0 bridgehead atoms. The van der Waals surface area contributed by atoms with E-state index < -0.39 is 10.0 Å². The van der Waals surface area contributed by atoms with Crippen molar-refractivity contribution in [3.8, 4) is 11.5 Å². The average molecular weight is 492 g/mol. The fourth-order valence-electron chi connectivity index (χ4n) is 4.37. The Hall–Kier alpha value is -3.85. The first-order chi connectivity index (χ1) is 16.9. The lowest BCUT2D eigenvalue weighted by molar-refractivity contribution is -0.117. The van der Waals surface area contributed by atoms with Crippen LogP contribution < -0.4 is 19.3 Å². The van der Waals surface area contributed by atoms with Crippen molar-refractivity contribution in [2.24, 2.45) is 0 Å². The van der Waals surface area contributed by atoms with Gasteiger partial charge in [-0.2, -0.15) is 0 Å². The molecule has 0 radical (unpaired) electrons. The molecule has 3 aromatic carbocycles. The number of para-hydroxylation sites is 1. The maximum Gasteiger partial charge on any atom is 0.251 e. The average Bonchev–Trinajstić information content (AvgIpc) is 3.41. The molecular formula is C26H25N3O5S. The molecule has 1 atom stereocenters. The predicted molar refractivity (Wildman–Crippen MR) is 133 cm³/mol. The number of hydrogen-bond acceptors (Lipinski definition) is 5. The van der Waals surface area contributed by atoms with Crippen LogP contribution in [0.3, 0.4) is 0 Å². The van der Waals surface area contributed by atoms with E-state index in [1.807, 2.05) is 42.5 Å². The summed E-state index contributed by atoms with van der Waals surface area (Å²) in [5.74, 6) is 1.09. The third-order valence-corrected chi connectivity index (χ3v) is 7.95. The summed E-state index contributed by atoms with van der Waals surface area (Å²) in [6.07, 6.45) is 0.756. The van der Waals surface area contributed by atoms with E-state index in [0.29, 0.717) is 36.5 Å². The van der Waals surface area contributed by atoms with Gasteiger partial charge >= 0.3 is 0 Å². The molecule has 2 aliphatic rings. The van der Waals surface area contributed by atoms with Crippen LogP contribution in [0.25, 0.3) is 0 Å². The standard InChI is InChI=1S/C26H25N3O5S/c30-25-17-20(18-28(25)21-10-12-24(13-11-21)34-23-8-2-1-3-9-23)27-26(31)19-6-4-7-22(16-19)29-14-5-15-35(29,32)33/h1-4,6-13,16,20H,5,14-15,17-18H2,(H,27,31). The van der Waals surface area contributed by atoms with Gasteiger partial charge in [-0.1, -0.05) is 24.3 Å². The van der Waals surface area contributed by atoms with Crippen LogP contribution in [-0.4, -0.2) is 45.1 Å². The number of carbonyl (C=O) groups is 2. The predicted octanol–water partition coefficient (Wildman–Crippen LogP) is 3.55. The largest absolute Gasteiger partial charge is 0.457 e. The topological polar surface area (TPSA) is 96.0 Å². The van der Waals surface area contributed by atoms with Crippen LogP contribution in [0.1, 0.15) is 23.2 Å². The molecule has 2 fully saturated rings. The molecule has 1 unspecified atom stereocenters. The van der Waals surface area contributed by atoms with Crippen LogP contribution in [0.5, 0.6) is 11.5 Å². The molecule has 2 amide bonds. The van der Waals surface area contributed by atoms with E-state index in [2.05, 4.69) is 5.32 Å². The Morgan fingerprint density at radius 2 is 1.66 bits per heavy atom. The maximum absolute atomic E-state index is 12.9. The van der Waals surface area contributed by atoms with Gasteiger partial charge in [0.2, 0.25) is 15.9 Å². The van der Waals surface area contributed by atoms with Crippen LogP contribution in [0.4, 0.5) is 11.4 Å². The van der Waals surface area contributed by atoms with Crippen molar-refractivity contribution in [2.45, 2.75) is 18.9 Å². The number of rotatable bonds is 6. The smallest absolute Gasteiger partial charge is 0.251 e. The zero-order valence-corrected chi connectivity index (χ0v) is 19.8. The highest BCUT2D eigenvalue weighted by molar-refractivity contribution is 7.93. The van der Waals surface area contributed by atoms with Gasteiger partial charge in [-0.05, 0) is 61.0 Å². The van der Waals surface area contributed by atoms with E-state index in [-0.39, 0.29) is 30.0 Å². The Labute approximate surface area is 204 Å². The minimum absolute atomic E-state index is 0.0797. The summed E-state index contributed by atoms with van der Waals surface area (Å²) >= 11 is 0. The van der Waals surface area contributed by atoms with E-state index in [1.54, 1.807) is 41.3 Å². The van der Waals surface area contributed by atoms with Crippen LogP contribution in [0, 0.1) is 0 Å². The Morgan fingerprint density at radius 1 is 0.914 bits per heavy atom. The van der Waals surface area contributed by atoms with Gasteiger partial charge in [0.1, 0.15) is 11.5 Å². The Balaban J connectivity index is 1.22. The highest BCUT2D eigenvalue weighted by atomic mass is 32.2. The summed E-state index contributed by atoms with van der Waals surface area (Å²) < 4.78 is 31.6. The van der Waals surface area contributed by atoms with Crippen molar-refractivity contribution in [1.82, 2.24) is 5.32 Å². The molecule has 35 heavy (non-hydrogen) atoms. The Kier molecular flexibility index (Phi) is 6.17. The van der Waals surface area contributed by atoms with E-state index in [0.717, 1.165) is 11.4 Å². The molecule has 0 spiro atoms. The van der Waals surface area contributed by atoms with Crippen molar-refractivity contribution in [2.75, 3.05) is 28.0 Å². The van der Waals surface area contributed by atoms with Gasteiger partial charge in [0.05, 0.1) is 17.5 Å². The van der Waals surface area contributed by atoms with E-state index >= 15 is 0 Å². The summed E-state index contributed by atoms with van der Waals surface area (Å²) in [6, 6.07) is 22.9. The zero-order valence-electron chi connectivity index (χ0n) is 19.0. The van der Waals surface area contributed by atoms with Crippen LogP contribution in [0.2, 0.25) is 0 Å². The van der Waals surface area contributed by atoms with Gasteiger partial charge < -0.3 is 15.0 Å². The quantitative estimate of drug-likeness (QED) is 0.569. The van der Waals surface area contributed by atoms with Crippen molar-refractivity contribution in [1.29, 1.82) is 0 Å². The molecule has 9 heteroatoms. The van der Waals surface area contributed by atoms with E-state index in [4.69, 9.17) is 4.74 Å². The lowest BCUT2D eigenvalue weighted by atomic mass is 10.1. The maximum atomic E-state index is 12.9. The van der Waals surface area contributed by atoms with Crippen LogP contribution >= 0.6 is 0 Å². The lowest BCUT2D eigenvalue weighted by Crippen LogP contribution is -2.37. The monoisotopic (exact) mass is 491 g/mol. The van der Waals surface area contributed by atoms with Gasteiger partial charge in [0.25, 0.3) is 5.91 Å². The summed E-state index contributed by atoms with van der Waals surface area (Å²) in [4.78, 5) is 27.2. The summed E-state index contributed by atoms with van der Waals surface area (Å²) in [7, 11) is -3.33. The first-order valence-corrected chi connectivity index (χ1v) is 13.0. The molecule has 5 rings (SSSR count). The lowest BCUT2D eigenvalue weighted by Gasteiger charge is -2.19. The second-order valence-corrected chi connectivity index (χ2v) is 10.6. The summed E-state index contributed by atoms with van der Waals surface area (Å²) in [5, 5.41) is 2.91. The second kappa shape index (κ2) is 9.42. The van der Waals surface area contributed by atoms with E-state index in [1.165, 1.54) is 4.31 Å². The number of anilines is 2. The molecule has 180 valence electrons. The van der Waals surface area contributed by atoms with Crippen LogP contribution in [-0.2, 0) is 14.8 Å². The molecule has 3 aromatic rings. The van der Waals surface area contributed by atoms with Crippen molar-refractivity contribution < 1.29 is 22.7 Å². The molecule has 2 saturated heterocycles. The minimum atomic E-state index is -3.33. The third-order valence-electron chi connectivity index (χ3n) is 6.08. The highest BCUT2D eigenvalue weighted by Gasteiger charge is 2.32. The van der Waals surface area contributed by atoms with E-state index in [9.17, 15) is 18.0 Å². The normalized spacial score (nSPS) is 19.1. The van der Waals surface area contributed by atoms with Crippen molar-refractivity contribution >= 4 is 33.2 Å². The minimum Gasteiger partial charge on any atom is -0.457 e. The summed E-state index contributed by atoms with van der Waals surface area (Å²) in [6.45, 7) is 0.762. The molecule has 0 aromatic heterocycles. The number of amides is 2. The third kappa shape index (κ3) is 5.00.